The van der Waals surface area contributed by atoms with E-state index in [2.05, 4.69) is 5.32 Å². The second-order valence-electron chi connectivity index (χ2n) is 5.72. The van der Waals surface area contributed by atoms with Gasteiger partial charge in [0.15, 0.2) is 0 Å². The Bertz CT molecular complexity index is 310. The fourth-order valence-electron chi connectivity index (χ4n) is 2.04. The summed E-state index contributed by atoms with van der Waals surface area (Å²) in [7, 11) is 0. The Morgan fingerprint density at radius 2 is 2.06 bits per heavy atom. The van der Waals surface area contributed by atoms with Crippen LogP contribution in [-0.2, 0) is 9.53 Å². The molecular weight excluding hydrogens is 232 g/mol. The zero-order valence-corrected chi connectivity index (χ0v) is 11.8. The average Bonchev–Trinajstić information content (AvgIpc) is 2.27. The summed E-state index contributed by atoms with van der Waals surface area (Å²) in [5.74, 6) is -0.0983. The summed E-state index contributed by atoms with van der Waals surface area (Å²) in [5.41, 5.74) is -0.233. The SMILES string of the molecule is CCOC(=O)N1CCCC(C(=O)NC(C)(C)C)C1. The minimum atomic E-state index is -0.314. The Labute approximate surface area is 109 Å². The van der Waals surface area contributed by atoms with Crippen LogP contribution >= 0.6 is 0 Å². The van der Waals surface area contributed by atoms with Crippen molar-refractivity contribution < 1.29 is 14.3 Å². The van der Waals surface area contributed by atoms with Gasteiger partial charge in [0.2, 0.25) is 5.91 Å². The number of likely N-dealkylation sites (tertiary alicyclic amines) is 1. The Morgan fingerprint density at radius 3 is 2.61 bits per heavy atom. The Hall–Kier alpha value is -1.26. The molecule has 0 aliphatic carbocycles. The van der Waals surface area contributed by atoms with E-state index in [4.69, 9.17) is 4.74 Å². The summed E-state index contributed by atoms with van der Waals surface area (Å²) >= 11 is 0. The lowest BCUT2D eigenvalue weighted by Gasteiger charge is -2.33. The number of nitrogens with zero attached hydrogens (tertiary/aromatic N) is 1. The van der Waals surface area contributed by atoms with Crippen LogP contribution in [0.15, 0.2) is 0 Å². The van der Waals surface area contributed by atoms with Crippen molar-refractivity contribution in [1.82, 2.24) is 10.2 Å². The Balaban J connectivity index is 2.53. The van der Waals surface area contributed by atoms with Crippen molar-refractivity contribution in [2.45, 2.75) is 46.1 Å². The highest BCUT2D eigenvalue weighted by atomic mass is 16.6. The molecule has 2 amide bonds. The zero-order chi connectivity index (χ0) is 13.8. The lowest BCUT2D eigenvalue weighted by molar-refractivity contribution is -0.127. The minimum Gasteiger partial charge on any atom is -0.450 e. The summed E-state index contributed by atoms with van der Waals surface area (Å²) < 4.78 is 4.97. The van der Waals surface area contributed by atoms with Crippen LogP contribution in [0, 0.1) is 5.92 Å². The van der Waals surface area contributed by atoms with Crippen molar-refractivity contribution in [1.29, 1.82) is 0 Å². The van der Waals surface area contributed by atoms with E-state index in [1.807, 2.05) is 20.8 Å². The molecule has 0 saturated carbocycles. The first-order valence-electron chi connectivity index (χ1n) is 6.57. The van der Waals surface area contributed by atoms with E-state index >= 15 is 0 Å². The van der Waals surface area contributed by atoms with E-state index in [-0.39, 0.29) is 23.5 Å². The van der Waals surface area contributed by atoms with E-state index in [0.717, 1.165) is 12.8 Å². The van der Waals surface area contributed by atoms with Crippen molar-refractivity contribution in [3.05, 3.63) is 0 Å². The number of carbonyl (C=O) groups excluding carboxylic acids is 2. The Kier molecular flexibility index (Phi) is 4.99. The van der Waals surface area contributed by atoms with Crippen LogP contribution in [0.25, 0.3) is 0 Å². The van der Waals surface area contributed by atoms with Gasteiger partial charge in [0.25, 0.3) is 0 Å². The molecule has 1 fully saturated rings. The monoisotopic (exact) mass is 256 g/mol. The highest BCUT2D eigenvalue weighted by molar-refractivity contribution is 5.80. The molecule has 5 heteroatoms. The van der Waals surface area contributed by atoms with E-state index in [1.54, 1.807) is 11.8 Å². The molecule has 0 aromatic rings. The molecule has 1 unspecified atom stereocenters. The molecular formula is C13H24N2O3. The molecule has 1 atom stereocenters. The predicted molar refractivity (Wildman–Crippen MR) is 69.2 cm³/mol. The van der Waals surface area contributed by atoms with Gasteiger partial charge in [-0.3, -0.25) is 4.79 Å². The van der Waals surface area contributed by atoms with Crippen molar-refractivity contribution in [3.8, 4) is 0 Å². The molecule has 5 nitrogen and oxygen atoms in total. The first-order chi connectivity index (χ1) is 8.33. The van der Waals surface area contributed by atoms with Crippen LogP contribution in [-0.4, -0.2) is 42.1 Å². The van der Waals surface area contributed by atoms with Gasteiger partial charge in [-0.1, -0.05) is 0 Å². The fraction of sp³-hybridized carbons (Fsp3) is 0.846. The number of piperidine rings is 1. The van der Waals surface area contributed by atoms with E-state index in [9.17, 15) is 9.59 Å². The fourth-order valence-corrected chi connectivity index (χ4v) is 2.04. The van der Waals surface area contributed by atoms with Crippen molar-refractivity contribution in [3.63, 3.8) is 0 Å². The van der Waals surface area contributed by atoms with Crippen LogP contribution in [0.3, 0.4) is 0 Å². The molecule has 0 bridgehead atoms. The molecule has 0 aromatic carbocycles. The molecule has 1 aliphatic rings. The van der Waals surface area contributed by atoms with Gasteiger partial charge in [0.05, 0.1) is 12.5 Å². The quantitative estimate of drug-likeness (QED) is 0.819. The third-order valence-electron chi connectivity index (χ3n) is 2.82. The zero-order valence-electron chi connectivity index (χ0n) is 11.8. The minimum absolute atomic E-state index is 0.0245. The van der Waals surface area contributed by atoms with Crippen LogP contribution in [0.2, 0.25) is 0 Å². The summed E-state index contributed by atoms with van der Waals surface area (Å²) in [4.78, 5) is 25.3. The maximum absolute atomic E-state index is 12.0. The highest BCUT2D eigenvalue weighted by Crippen LogP contribution is 2.18. The van der Waals surface area contributed by atoms with Crippen molar-refractivity contribution in [2.24, 2.45) is 5.92 Å². The van der Waals surface area contributed by atoms with E-state index in [1.165, 1.54) is 0 Å². The summed E-state index contributed by atoms with van der Waals surface area (Å²) in [5, 5.41) is 2.96. The van der Waals surface area contributed by atoms with E-state index in [0.29, 0.717) is 19.7 Å². The number of hydrogen-bond acceptors (Lipinski definition) is 3. The summed E-state index contributed by atoms with van der Waals surface area (Å²) in [6, 6.07) is 0. The van der Waals surface area contributed by atoms with Crippen molar-refractivity contribution in [2.75, 3.05) is 19.7 Å². The van der Waals surface area contributed by atoms with Gasteiger partial charge in [-0.25, -0.2) is 4.79 Å². The predicted octanol–water partition coefficient (Wildman–Crippen LogP) is 1.77. The molecule has 0 aromatic heterocycles. The van der Waals surface area contributed by atoms with Gasteiger partial charge < -0.3 is 15.0 Å². The van der Waals surface area contributed by atoms with Gasteiger partial charge in [0, 0.05) is 18.6 Å². The van der Waals surface area contributed by atoms with E-state index < -0.39 is 0 Å². The first-order valence-corrected chi connectivity index (χ1v) is 6.57. The summed E-state index contributed by atoms with van der Waals surface area (Å²) in [6.45, 7) is 9.16. The molecule has 1 aliphatic heterocycles. The van der Waals surface area contributed by atoms with Crippen LogP contribution in [0.4, 0.5) is 4.79 Å². The smallest absolute Gasteiger partial charge is 0.409 e. The van der Waals surface area contributed by atoms with Crippen LogP contribution < -0.4 is 5.32 Å². The number of hydrogen-bond donors (Lipinski definition) is 1. The molecule has 1 N–H and O–H groups in total. The van der Waals surface area contributed by atoms with Gasteiger partial charge in [-0.15, -0.1) is 0 Å². The molecule has 1 rings (SSSR count). The first kappa shape index (κ1) is 14.8. The topological polar surface area (TPSA) is 58.6 Å². The van der Waals surface area contributed by atoms with Crippen LogP contribution in [0.5, 0.6) is 0 Å². The largest absolute Gasteiger partial charge is 0.450 e. The maximum Gasteiger partial charge on any atom is 0.409 e. The normalized spacial score (nSPS) is 20.4. The third-order valence-corrected chi connectivity index (χ3v) is 2.82. The lowest BCUT2D eigenvalue weighted by atomic mass is 9.96. The molecule has 104 valence electrons. The summed E-state index contributed by atoms with van der Waals surface area (Å²) in [6.07, 6.45) is 1.37. The second-order valence-corrected chi connectivity index (χ2v) is 5.72. The Morgan fingerprint density at radius 1 is 1.39 bits per heavy atom. The molecule has 0 radical (unpaired) electrons. The van der Waals surface area contributed by atoms with Gasteiger partial charge in [-0.2, -0.15) is 0 Å². The highest BCUT2D eigenvalue weighted by Gasteiger charge is 2.30. The molecule has 1 saturated heterocycles. The standard InChI is InChI=1S/C13H24N2O3/c1-5-18-12(17)15-8-6-7-10(9-15)11(16)14-13(2,3)4/h10H,5-9H2,1-4H3,(H,14,16). The molecule has 18 heavy (non-hydrogen) atoms. The van der Waals surface area contributed by atoms with Gasteiger partial charge >= 0.3 is 6.09 Å². The van der Waals surface area contributed by atoms with Gasteiger partial charge in [-0.05, 0) is 40.5 Å². The van der Waals surface area contributed by atoms with Crippen molar-refractivity contribution >= 4 is 12.0 Å². The van der Waals surface area contributed by atoms with Crippen LogP contribution in [0.1, 0.15) is 40.5 Å². The molecule has 1 heterocycles. The number of ether oxygens (including phenoxy) is 1. The van der Waals surface area contributed by atoms with Gasteiger partial charge in [0.1, 0.15) is 0 Å². The third kappa shape index (κ3) is 4.55. The molecule has 0 spiro atoms. The number of carbonyl (C=O) groups is 2. The second kappa shape index (κ2) is 6.07. The number of rotatable bonds is 2. The lowest BCUT2D eigenvalue weighted by Crippen LogP contribution is -2.49. The maximum atomic E-state index is 12.0. The number of nitrogens with one attached hydrogen (secondary N) is 1. The number of amides is 2. The average molecular weight is 256 g/mol.